The maximum Gasteiger partial charge on any atom is 0.119 e. The van der Waals surface area contributed by atoms with Gasteiger partial charge in [0.15, 0.2) is 0 Å². The van der Waals surface area contributed by atoms with Crippen LogP contribution >= 0.6 is 0 Å². The Kier molecular flexibility index (Phi) is 3.80. The van der Waals surface area contributed by atoms with Gasteiger partial charge in [0.25, 0.3) is 0 Å². The molecule has 1 aliphatic heterocycles. The second-order valence-corrected chi connectivity index (χ2v) is 4.10. The van der Waals surface area contributed by atoms with Gasteiger partial charge < -0.3 is 15.2 Å². The molecule has 0 aliphatic carbocycles. The molecule has 2 atom stereocenters. The van der Waals surface area contributed by atoms with Crippen LogP contribution in [0.5, 0.6) is 5.75 Å². The fraction of sp³-hybridized carbons (Fsp3) is 0.538. The molecule has 1 aromatic carbocycles. The summed E-state index contributed by atoms with van der Waals surface area (Å²) in [7, 11) is 0. The van der Waals surface area contributed by atoms with E-state index in [4.69, 9.17) is 15.2 Å². The predicted octanol–water partition coefficient (Wildman–Crippen LogP) is 2.26. The Labute approximate surface area is 96.5 Å². The van der Waals surface area contributed by atoms with Crippen LogP contribution in [0.25, 0.3) is 0 Å². The first-order chi connectivity index (χ1) is 7.81. The van der Waals surface area contributed by atoms with E-state index < -0.39 is 0 Å². The van der Waals surface area contributed by atoms with Crippen molar-refractivity contribution >= 4 is 0 Å². The average Bonchev–Trinajstić information content (AvgIpc) is 2.31. The molecule has 0 saturated carbocycles. The minimum Gasteiger partial charge on any atom is -0.494 e. The standard InChI is InChI=1S/C13H19NO2/c1-2-15-11-7-5-10(6-8-11)13-12(14)4-3-9-16-13/h5-8,12-13H,2-4,9,14H2,1H3. The quantitative estimate of drug-likeness (QED) is 0.851. The van der Waals surface area contributed by atoms with E-state index in [1.807, 2.05) is 31.2 Å². The molecule has 1 aliphatic rings. The maximum atomic E-state index is 6.05. The zero-order chi connectivity index (χ0) is 11.4. The Balaban J connectivity index is 2.08. The van der Waals surface area contributed by atoms with Crippen LogP contribution in [-0.2, 0) is 4.74 Å². The summed E-state index contributed by atoms with van der Waals surface area (Å²) in [4.78, 5) is 0. The van der Waals surface area contributed by atoms with E-state index in [1.54, 1.807) is 0 Å². The average molecular weight is 221 g/mol. The van der Waals surface area contributed by atoms with Gasteiger partial charge in [-0.2, -0.15) is 0 Å². The van der Waals surface area contributed by atoms with Crippen LogP contribution in [0.4, 0.5) is 0 Å². The highest BCUT2D eigenvalue weighted by Crippen LogP contribution is 2.28. The molecule has 0 radical (unpaired) electrons. The van der Waals surface area contributed by atoms with Gasteiger partial charge in [0, 0.05) is 12.6 Å². The molecular formula is C13H19NO2. The smallest absolute Gasteiger partial charge is 0.119 e. The number of nitrogens with two attached hydrogens (primary N) is 1. The summed E-state index contributed by atoms with van der Waals surface area (Å²) < 4.78 is 11.1. The molecule has 1 aromatic rings. The van der Waals surface area contributed by atoms with Gasteiger partial charge in [-0.1, -0.05) is 12.1 Å². The van der Waals surface area contributed by atoms with Crippen LogP contribution in [0.15, 0.2) is 24.3 Å². The van der Waals surface area contributed by atoms with E-state index in [0.29, 0.717) is 6.61 Å². The molecule has 0 aromatic heterocycles. The van der Waals surface area contributed by atoms with Gasteiger partial charge in [0.05, 0.1) is 12.7 Å². The summed E-state index contributed by atoms with van der Waals surface area (Å²) in [6, 6.07) is 8.15. The molecule has 2 unspecified atom stereocenters. The summed E-state index contributed by atoms with van der Waals surface area (Å²) in [6.45, 7) is 3.48. The fourth-order valence-electron chi connectivity index (χ4n) is 2.07. The van der Waals surface area contributed by atoms with Crippen LogP contribution < -0.4 is 10.5 Å². The van der Waals surface area contributed by atoms with Gasteiger partial charge in [0.1, 0.15) is 5.75 Å². The van der Waals surface area contributed by atoms with Crippen molar-refractivity contribution in [3.8, 4) is 5.75 Å². The molecule has 2 N–H and O–H groups in total. The highest BCUT2D eigenvalue weighted by molar-refractivity contribution is 5.29. The molecule has 1 heterocycles. The zero-order valence-electron chi connectivity index (χ0n) is 9.69. The van der Waals surface area contributed by atoms with Gasteiger partial charge in [-0.3, -0.25) is 0 Å². The summed E-state index contributed by atoms with van der Waals surface area (Å²) in [5.74, 6) is 0.899. The van der Waals surface area contributed by atoms with E-state index in [2.05, 4.69) is 0 Å². The number of ether oxygens (including phenoxy) is 2. The Morgan fingerprint density at radius 3 is 2.75 bits per heavy atom. The number of benzene rings is 1. The Hall–Kier alpha value is -1.06. The summed E-state index contributed by atoms with van der Waals surface area (Å²) in [6.07, 6.45) is 2.15. The molecule has 88 valence electrons. The second-order valence-electron chi connectivity index (χ2n) is 4.10. The molecule has 3 nitrogen and oxygen atoms in total. The summed E-state index contributed by atoms with van der Waals surface area (Å²) >= 11 is 0. The Morgan fingerprint density at radius 2 is 2.12 bits per heavy atom. The van der Waals surface area contributed by atoms with Crippen molar-refractivity contribution in [2.24, 2.45) is 5.73 Å². The molecule has 0 amide bonds. The largest absolute Gasteiger partial charge is 0.494 e. The van der Waals surface area contributed by atoms with Gasteiger partial charge in [-0.15, -0.1) is 0 Å². The van der Waals surface area contributed by atoms with Gasteiger partial charge in [-0.05, 0) is 37.5 Å². The first-order valence-corrected chi connectivity index (χ1v) is 5.91. The van der Waals surface area contributed by atoms with E-state index in [1.165, 1.54) is 0 Å². The van der Waals surface area contributed by atoms with Crippen LogP contribution in [0, 0.1) is 0 Å². The van der Waals surface area contributed by atoms with Crippen molar-refractivity contribution in [2.45, 2.75) is 31.9 Å². The van der Waals surface area contributed by atoms with Crippen molar-refractivity contribution < 1.29 is 9.47 Å². The van der Waals surface area contributed by atoms with Gasteiger partial charge >= 0.3 is 0 Å². The first-order valence-electron chi connectivity index (χ1n) is 5.91. The third-order valence-electron chi connectivity index (χ3n) is 2.89. The first kappa shape index (κ1) is 11.4. The summed E-state index contributed by atoms with van der Waals surface area (Å²) in [5, 5.41) is 0. The van der Waals surface area contributed by atoms with Crippen LogP contribution in [0.1, 0.15) is 31.4 Å². The molecule has 1 fully saturated rings. The van der Waals surface area contributed by atoms with Gasteiger partial charge in [0.2, 0.25) is 0 Å². The molecule has 2 rings (SSSR count). The lowest BCUT2D eigenvalue weighted by Gasteiger charge is -2.29. The fourth-order valence-corrected chi connectivity index (χ4v) is 2.07. The molecule has 16 heavy (non-hydrogen) atoms. The Morgan fingerprint density at radius 1 is 1.38 bits per heavy atom. The third-order valence-corrected chi connectivity index (χ3v) is 2.89. The zero-order valence-corrected chi connectivity index (χ0v) is 9.69. The van der Waals surface area contributed by atoms with E-state index >= 15 is 0 Å². The minimum absolute atomic E-state index is 0.0458. The minimum atomic E-state index is 0.0458. The van der Waals surface area contributed by atoms with Crippen LogP contribution in [-0.4, -0.2) is 19.3 Å². The van der Waals surface area contributed by atoms with Crippen molar-refractivity contribution in [2.75, 3.05) is 13.2 Å². The van der Waals surface area contributed by atoms with Crippen molar-refractivity contribution in [1.29, 1.82) is 0 Å². The number of hydrogen-bond donors (Lipinski definition) is 1. The topological polar surface area (TPSA) is 44.5 Å². The Bertz CT molecular complexity index is 323. The molecule has 3 heteroatoms. The maximum absolute atomic E-state index is 6.05. The van der Waals surface area contributed by atoms with E-state index in [-0.39, 0.29) is 12.1 Å². The third kappa shape index (κ3) is 2.54. The van der Waals surface area contributed by atoms with Crippen molar-refractivity contribution in [3.63, 3.8) is 0 Å². The normalized spacial score (nSPS) is 25.4. The molecular weight excluding hydrogens is 202 g/mol. The molecule has 1 saturated heterocycles. The highest BCUT2D eigenvalue weighted by atomic mass is 16.5. The second kappa shape index (κ2) is 5.32. The lowest BCUT2D eigenvalue weighted by molar-refractivity contribution is 0.000122. The lowest BCUT2D eigenvalue weighted by atomic mass is 9.97. The molecule has 0 spiro atoms. The van der Waals surface area contributed by atoms with Crippen molar-refractivity contribution in [3.05, 3.63) is 29.8 Å². The predicted molar refractivity (Wildman–Crippen MR) is 63.5 cm³/mol. The highest BCUT2D eigenvalue weighted by Gasteiger charge is 2.23. The van der Waals surface area contributed by atoms with Crippen molar-refractivity contribution in [1.82, 2.24) is 0 Å². The molecule has 0 bridgehead atoms. The van der Waals surface area contributed by atoms with E-state index in [0.717, 1.165) is 30.8 Å². The monoisotopic (exact) mass is 221 g/mol. The van der Waals surface area contributed by atoms with Crippen LogP contribution in [0.2, 0.25) is 0 Å². The number of hydrogen-bond acceptors (Lipinski definition) is 3. The number of rotatable bonds is 3. The van der Waals surface area contributed by atoms with E-state index in [9.17, 15) is 0 Å². The SMILES string of the molecule is CCOc1ccc(C2OCCCC2N)cc1. The summed E-state index contributed by atoms with van der Waals surface area (Å²) in [5.41, 5.74) is 7.20. The lowest BCUT2D eigenvalue weighted by Crippen LogP contribution is -2.34. The van der Waals surface area contributed by atoms with Crippen LogP contribution in [0.3, 0.4) is 0 Å². The van der Waals surface area contributed by atoms with Gasteiger partial charge in [-0.25, -0.2) is 0 Å².